The highest BCUT2D eigenvalue weighted by molar-refractivity contribution is 5.44. The van der Waals surface area contributed by atoms with Gasteiger partial charge in [0.2, 0.25) is 6.79 Å². The van der Waals surface area contributed by atoms with Gasteiger partial charge in [0.25, 0.3) is 5.69 Å². The molecule has 0 unspecified atom stereocenters. The second-order valence-corrected chi connectivity index (χ2v) is 6.97. The first-order valence-electron chi connectivity index (χ1n) is 9.49. The Morgan fingerprint density at radius 2 is 1.87 bits per heavy atom. The van der Waals surface area contributed by atoms with Gasteiger partial charge in [0, 0.05) is 12.1 Å². The first-order valence-corrected chi connectivity index (χ1v) is 9.49. The van der Waals surface area contributed by atoms with E-state index in [1.165, 1.54) is 24.3 Å². The van der Waals surface area contributed by atoms with E-state index in [9.17, 15) is 25.4 Å². The minimum Gasteiger partial charge on any atom is -0.454 e. The average molecular weight is 421 g/mol. The molecular weight excluding hydrogens is 396 g/mol. The molecule has 0 aliphatic carbocycles. The number of hydrogen-bond acceptors (Lipinski definition) is 8. The third-order valence-corrected chi connectivity index (χ3v) is 4.79. The van der Waals surface area contributed by atoms with Gasteiger partial charge in [-0.2, -0.15) is 0 Å². The fourth-order valence-corrected chi connectivity index (χ4v) is 3.09. The van der Waals surface area contributed by atoms with E-state index in [4.69, 9.17) is 14.2 Å². The van der Waals surface area contributed by atoms with Crippen molar-refractivity contribution in [1.29, 1.82) is 0 Å². The van der Waals surface area contributed by atoms with Gasteiger partial charge < -0.3 is 34.8 Å². The van der Waals surface area contributed by atoms with Crippen molar-refractivity contribution in [2.24, 2.45) is 0 Å². The molecule has 10 nitrogen and oxygen atoms in total. The summed E-state index contributed by atoms with van der Waals surface area (Å²) in [5.74, 6) is 1.35. The number of nitrogens with zero attached hydrogens (tertiary/aromatic N) is 1. The lowest BCUT2D eigenvalue weighted by atomic mass is 10.0. The maximum atomic E-state index is 10.7. The smallest absolute Gasteiger partial charge is 0.269 e. The van der Waals surface area contributed by atoms with Crippen LogP contribution in [0.5, 0.6) is 11.5 Å². The Balaban J connectivity index is 1.43. The molecule has 0 bridgehead atoms. The topological polar surface area (TPSA) is 148 Å². The normalized spacial score (nSPS) is 15.6. The second-order valence-electron chi connectivity index (χ2n) is 6.97. The van der Waals surface area contributed by atoms with Crippen LogP contribution in [-0.2, 0) is 11.3 Å². The van der Waals surface area contributed by atoms with E-state index in [0.29, 0.717) is 23.7 Å². The molecule has 2 aromatic carbocycles. The van der Waals surface area contributed by atoms with Crippen molar-refractivity contribution in [2.45, 2.75) is 24.9 Å². The lowest BCUT2D eigenvalue weighted by molar-refractivity contribution is -0.704. The molecule has 0 spiro atoms. The number of nitro groups is 1. The van der Waals surface area contributed by atoms with E-state index < -0.39 is 23.2 Å². The van der Waals surface area contributed by atoms with Gasteiger partial charge >= 0.3 is 0 Å². The lowest BCUT2D eigenvalue weighted by Gasteiger charge is -2.21. The predicted molar refractivity (Wildman–Crippen MR) is 104 cm³/mol. The zero-order valence-corrected chi connectivity index (χ0v) is 16.2. The van der Waals surface area contributed by atoms with Gasteiger partial charge in [0.1, 0.15) is 24.8 Å². The van der Waals surface area contributed by atoms with Crippen LogP contribution in [0.2, 0.25) is 0 Å². The highest BCUT2D eigenvalue weighted by Gasteiger charge is 2.25. The minimum absolute atomic E-state index is 0.0782. The first-order chi connectivity index (χ1) is 14.5. The third kappa shape index (κ3) is 5.65. The molecular formula is C20H25N2O8+. The fraction of sp³-hybridized carbons (Fsp3) is 0.400. The Morgan fingerprint density at radius 3 is 2.57 bits per heavy atom. The van der Waals surface area contributed by atoms with Crippen LogP contribution in [0, 0.1) is 10.1 Å². The molecule has 1 heterocycles. The molecule has 1 aliphatic rings. The molecule has 0 saturated carbocycles. The summed E-state index contributed by atoms with van der Waals surface area (Å²) in [6.07, 6.45) is -1.85. The third-order valence-electron chi connectivity index (χ3n) is 4.79. The summed E-state index contributed by atoms with van der Waals surface area (Å²) in [4.78, 5) is 10.2. The SMILES string of the molecule is O=[N+]([O-])c1ccc([C@H](O)[C@H](CO)[NH2+]C[C@H](O)COCc2ccc3c(c2)OCO3)cc1. The number of aliphatic hydroxyl groups is 3. The summed E-state index contributed by atoms with van der Waals surface area (Å²) in [6.45, 7) is 0.449. The number of quaternary nitrogens is 1. The van der Waals surface area contributed by atoms with Crippen LogP contribution in [0.3, 0.4) is 0 Å². The summed E-state index contributed by atoms with van der Waals surface area (Å²) in [5.41, 5.74) is 1.26. The van der Waals surface area contributed by atoms with Crippen molar-refractivity contribution in [3.8, 4) is 11.5 Å². The highest BCUT2D eigenvalue weighted by Crippen LogP contribution is 2.32. The van der Waals surface area contributed by atoms with E-state index >= 15 is 0 Å². The molecule has 10 heteroatoms. The van der Waals surface area contributed by atoms with Gasteiger partial charge in [-0.15, -0.1) is 0 Å². The molecule has 30 heavy (non-hydrogen) atoms. The van der Waals surface area contributed by atoms with E-state index in [1.54, 1.807) is 11.4 Å². The van der Waals surface area contributed by atoms with Crippen LogP contribution in [0.1, 0.15) is 17.2 Å². The molecule has 2 aromatic rings. The summed E-state index contributed by atoms with van der Waals surface area (Å²) >= 11 is 0. The minimum atomic E-state index is -1.04. The Labute approximate surface area is 172 Å². The quantitative estimate of drug-likeness (QED) is 0.289. The predicted octanol–water partition coefficient (Wildman–Crippen LogP) is -0.141. The molecule has 1 aliphatic heterocycles. The number of benzene rings is 2. The van der Waals surface area contributed by atoms with Gasteiger partial charge in [-0.3, -0.25) is 10.1 Å². The van der Waals surface area contributed by atoms with Crippen LogP contribution >= 0.6 is 0 Å². The van der Waals surface area contributed by atoms with Crippen molar-refractivity contribution >= 4 is 5.69 Å². The molecule has 0 fully saturated rings. The van der Waals surface area contributed by atoms with E-state index in [0.717, 1.165) is 5.56 Å². The van der Waals surface area contributed by atoms with Crippen LogP contribution in [0.4, 0.5) is 5.69 Å². The Bertz CT molecular complexity index is 845. The molecule has 0 amide bonds. The number of nitrogens with two attached hydrogens (primary N) is 1. The van der Waals surface area contributed by atoms with Crippen molar-refractivity contribution in [2.75, 3.05) is 26.6 Å². The molecule has 3 rings (SSSR count). The van der Waals surface area contributed by atoms with Crippen LogP contribution in [0.15, 0.2) is 42.5 Å². The zero-order chi connectivity index (χ0) is 21.5. The van der Waals surface area contributed by atoms with Crippen molar-refractivity contribution in [3.05, 3.63) is 63.7 Å². The number of nitro benzene ring substituents is 1. The van der Waals surface area contributed by atoms with Crippen LogP contribution < -0.4 is 14.8 Å². The van der Waals surface area contributed by atoms with E-state index in [1.807, 2.05) is 12.1 Å². The number of fused-ring (bicyclic) bond motifs is 1. The van der Waals surface area contributed by atoms with Gasteiger partial charge in [-0.25, -0.2) is 0 Å². The van der Waals surface area contributed by atoms with Crippen molar-refractivity contribution < 1.29 is 39.8 Å². The molecule has 162 valence electrons. The Hall–Kier alpha value is -2.76. The summed E-state index contributed by atoms with van der Waals surface area (Å²) in [7, 11) is 0. The highest BCUT2D eigenvalue weighted by atomic mass is 16.7. The first kappa shape index (κ1) is 21.9. The average Bonchev–Trinajstić information content (AvgIpc) is 3.22. The number of non-ortho nitro benzene ring substituents is 1. The molecule has 0 radical (unpaired) electrons. The molecule has 0 aromatic heterocycles. The Morgan fingerprint density at radius 1 is 1.13 bits per heavy atom. The summed E-state index contributed by atoms with van der Waals surface area (Å²) in [6, 6.07) is 10.3. The standard InChI is InChI=1S/C20H24N2O8/c23-9-17(20(25)14-2-4-15(5-3-14)22(26)27)21-8-16(24)11-28-10-13-1-6-18-19(7-13)30-12-29-18/h1-7,16-17,20-21,23-25H,8-12H2/p+1/t16-,17-,20-/m0/s1. The maximum absolute atomic E-state index is 10.7. The number of rotatable bonds is 11. The molecule has 5 N–H and O–H groups in total. The van der Waals surface area contributed by atoms with Gasteiger partial charge in [0.15, 0.2) is 11.5 Å². The van der Waals surface area contributed by atoms with Crippen LogP contribution in [-0.4, -0.2) is 58.9 Å². The van der Waals surface area contributed by atoms with Gasteiger partial charge in [0.05, 0.1) is 24.7 Å². The van der Waals surface area contributed by atoms with E-state index in [-0.39, 0.29) is 32.2 Å². The number of aliphatic hydroxyl groups excluding tert-OH is 3. The lowest BCUT2D eigenvalue weighted by Crippen LogP contribution is -2.94. The largest absolute Gasteiger partial charge is 0.454 e. The van der Waals surface area contributed by atoms with Gasteiger partial charge in [-0.05, 0) is 35.4 Å². The van der Waals surface area contributed by atoms with Gasteiger partial charge in [-0.1, -0.05) is 6.07 Å². The second kappa shape index (κ2) is 10.3. The number of ether oxygens (including phenoxy) is 3. The van der Waals surface area contributed by atoms with Crippen molar-refractivity contribution in [1.82, 2.24) is 0 Å². The van der Waals surface area contributed by atoms with Crippen LogP contribution in [0.25, 0.3) is 0 Å². The monoisotopic (exact) mass is 421 g/mol. The van der Waals surface area contributed by atoms with Crippen molar-refractivity contribution in [3.63, 3.8) is 0 Å². The number of hydrogen-bond donors (Lipinski definition) is 4. The molecule has 0 saturated heterocycles. The Kier molecular flexibility index (Phi) is 7.55. The fourth-order valence-electron chi connectivity index (χ4n) is 3.09. The zero-order valence-electron chi connectivity index (χ0n) is 16.2. The summed E-state index contributed by atoms with van der Waals surface area (Å²) in [5, 5.41) is 42.5. The molecule has 3 atom stereocenters. The van der Waals surface area contributed by atoms with E-state index in [2.05, 4.69) is 0 Å². The maximum Gasteiger partial charge on any atom is 0.269 e. The summed E-state index contributed by atoms with van der Waals surface area (Å²) < 4.78 is 16.1.